The largest absolute Gasteiger partial charge is 0.457 e. The van der Waals surface area contributed by atoms with Gasteiger partial charge in [-0.1, -0.05) is 18.2 Å². The van der Waals surface area contributed by atoms with E-state index in [1.165, 1.54) is 12.1 Å². The Bertz CT molecular complexity index is 871. The van der Waals surface area contributed by atoms with Crippen LogP contribution in [0.2, 0.25) is 0 Å². The number of carbonyl (C=O) groups is 1. The van der Waals surface area contributed by atoms with Crippen LogP contribution in [0.25, 0.3) is 0 Å². The summed E-state index contributed by atoms with van der Waals surface area (Å²) in [4.78, 5) is 16.2. The summed E-state index contributed by atoms with van der Waals surface area (Å²) in [6.07, 6.45) is 2.25. The second-order valence-corrected chi connectivity index (χ2v) is 7.21. The van der Waals surface area contributed by atoms with Crippen LogP contribution in [-0.2, 0) is 17.1 Å². The number of thioether (sulfide) groups is 1. The summed E-state index contributed by atoms with van der Waals surface area (Å²) in [7, 11) is 0. The fraction of sp³-hybridized carbons (Fsp3) is 0.182. The van der Waals surface area contributed by atoms with Crippen LogP contribution < -0.4 is 10.1 Å². The number of carbonyl (C=O) groups excluding carboxylic acids is 1. The predicted molar refractivity (Wildman–Crippen MR) is 110 cm³/mol. The average molecular weight is 396 g/mol. The van der Waals surface area contributed by atoms with Crippen LogP contribution in [0.1, 0.15) is 17.7 Å². The molecule has 2 aromatic carbocycles. The van der Waals surface area contributed by atoms with Gasteiger partial charge in [0.05, 0.1) is 5.69 Å². The van der Waals surface area contributed by atoms with Gasteiger partial charge in [-0.3, -0.25) is 9.78 Å². The van der Waals surface area contributed by atoms with Gasteiger partial charge in [-0.05, 0) is 54.1 Å². The number of hydrogen-bond donors (Lipinski definition) is 1. The maximum absolute atomic E-state index is 12.9. The summed E-state index contributed by atoms with van der Waals surface area (Å²) >= 11 is 1.70. The van der Waals surface area contributed by atoms with Crippen LogP contribution in [-0.4, -0.2) is 16.6 Å². The minimum atomic E-state index is -0.298. The van der Waals surface area contributed by atoms with Gasteiger partial charge in [0.15, 0.2) is 0 Å². The fourth-order valence-electron chi connectivity index (χ4n) is 2.43. The first kappa shape index (κ1) is 19.9. The Balaban J connectivity index is 1.35. The van der Waals surface area contributed by atoms with Gasteiger partial charge in [0.2, 0.25) is 5.91 Å². The van der Waals surface area contributed by atoms with E-state index in [9.17, 15) is 9.18 Å². The Morgan fingerprint density at radius 2 is 1.71 bits per heavy atom. The molecule has 28 heavy (non-hydrogen) atoms. The molecule has 1 N–H and O–H groups in total. The van der Waals surface area contributed by atoms with Crippen molar-refractivity contribution in [3.8, 4) is 11.5 Å². The zero-order valence-corrected chi connectivity index (χ0v) is 16.1. The van der Waals surface area contributed by atoms with E-state index in [4.69, 9.17) is 4.74 Å². The Kier molecular flexibility index (Phi) is 7.44. The van der Waals surface area contributed by atoms with Crippen LogP contribution in [0.5, 0.6) is 11.5 Å². The summed E-state index contributed by atoms with van der Waals surface area (Å²) in [6.45, 7) is 0.473. The van der Waals surface area contributed by atoms with Gasteiger partial charge in [0.1, 0.15) is 17.3 Å². The van der Waals surface area contributed by atoms with E-state index in [1.54, 1.807) is 30.1 Å². The van der Waals surface area contributed by atoms with Crippen LogP contribution in [0.3, 0.4) is 0 Å². The summed E-state index contributed by atoms with van der Waals surface area (Å²) in [5.74, 6) is 2.53. The fourth-order valence-corrected chi connectivity index (χ4v) is 3.28. The summed E-state index contributed by atoms with van der Waals surface area (Å²) in [5, 5.41) is 2.92. The number of pyridine rings is 1. The highest BCUT2D eigenvalue weighted by atomic mass is 32.2. The second-order valence-electron chi connectivity index (χ2n) is 6.10. The van der Waals surface area contributed by atoms with Gasteiger partial charge < -0.3 is 10.1 Å². The standard InChI is InChI=1S/C22H21FN2O2S/c23-18-6-10-21(11-7-18)27-20-8-4-17(5-9-20)15-25-22(26)12-14-28-16-19-3-1-2-13-24-19/h1-11,13H,12,14-16H2,(H,25,26). The molecule has 0 saturated heterocycles. The molecule has 1 heterocycles. The number of nitrogens with one attached hydrogen (secondary N) is 1. The van der Waals surface area contributed by atoms with E-state index in [-0.39, 0.29) is 11.7 Å². The molecule has 3 aromatic rings. The number of benzene rings is 2. The molecule has 0 bridgehead atoms. The molecule has 0 aliphatic rings. The van der Waals surface area contributed by atoms with Crippen molar-refractivity contribution < 1.29 is 13.9 Å². The third kappa shape index (κ3) is 6.70. The molecule has 1 amide bonds. The van der Waals surface area contributed by atoms with Gasteiger partial charge in [-0.15, -0.1) is 0 Å². The molecule has 0 aliphatic heterocycles. The Hall–Kier alpha value is -2.86. The van der Waals surface area contributed by atoms with Gasteiger partial charge >= 0.3 is 0 Å². The van der Waals surface area contributed by atoms with E-state index in [1.807, 2.05) is 42.5 Å². The van der Waals surface area contributed by atoms with Crippen molar-refractivity contribution in [2.24, 2.45) is 0 Å². The number of ether oxygens (including phenoxy) is 1. The lowest BCUT2D eigenvalue weighted by Gasteiger charge is -2.08. The number of hydrogen-bond acceptors (Lipinski definition) is 4. The average Bonchev–Trinajstić information content (AvgIpc) is 2.73. The molecule has 0 aliphatic carbocycles. The van der Waals surface area contributed by atoms with E-state index >= 15 is 0 Å². The molecule has 144 valence electrons. The number of aromatic nitrogens is 1. The first-order valence-corrected chi connectivity index (χ1v) is 10.1. The maximum Gasteiger partial charge on any atom is 0.221 e. The molecule has 6 heteroatoms. The van der Waals surface area contributed by atoms with Crippen LogP contribution in [0.4, 0.5) is 4.39 Å². The van der Waals surface area contributed by atoms with Crippen molar-refractivity contribution >= 4 is 17.7 Å². The highest BCUT2D eigenvalue weighted by Crippen LogP contribution is 2.21. The quantitative estimate of drug-likeness (QED) is 0.520. The van der Waals surface area contributed by atoms with Gasteiger partial charge in [0, 0.05) is 30.7 Å². The number of halogens is 1. The molecular weight excluding hydrogens is 375 g/mol. The summed E-state index contributed by atoms with van der Waals surface area (Å²) in [6, 6.07) is 19.2. The first-order valence-electron chi connectivity index (χ1n) is 8.96. The maximum atomic E-state index is 12.9. The highest BCUT2D eigenvalue weighted by Gasteiger charge is 2.03. The Morgan fingerprint density at radius 1 is 1.00 bits per heavy atom. The minimum absolute atomic E-state index is 0.0279. The van der Waals surface area contributed by atoms with Crippen molar-refractivity contribution in [3.63, 3.8) is 0 Å². The summed E-state index contributed by atoms with van der Waals surface area (Å²) in [5.41, 5.74) is 2.01. The highest BCUT2D eigenvalue weighted by molar-refractivity contribution is 7.98. The van der Waals surface area contributed by atoms with Crippen molar-refractivity contribution in [2.45, 2.75) is 18.7 Å². The molecule has 0 saturated carbocycles. The Labute approximate surface area is 168 Å². The van der Waals surface area contributed by atoms with Gasteiger partial charge in [-0.25, -0.2) is 4.39 Å². The lowest BCUT2D eigenvalue weighted by Crippen LogP contribution is -2.22. The van der Waals surface area contributed by atoms with E-state index in [2.05, 4.69) is 10.3 Å². The SMILES string of the molecule is O=C(CCSCc1ccccn1)NCc1ccc(Oc2ccc(F)cc2)cc1. The van der Waals surface area contributed by atoms with Gasteiger partial charge in [0.25, 0.3) is 0 Å². The van der Waals surface area contributed by atoms with Crippen LogP contribution in [0.15, 0.2) is 72.9 Å². The number of nitrogens with zero attached hydrogens (tertiary/aromatic N) is 1. The Morgan fingerprint density at radius 3 is 2.39 bits per heavy atom. The van der Waals surface area contributed by atoms with Crippen molar-refractivity contribution in [1.29, 1.82) is 0 Å². The lowest BCUT2D eigenvalue weighted by atomic mass is 10.2. The van der Waals surface area contributed by atoms with Crippen LogP contribution in [0, 0.1) is 5.82 Å². The predicted octanol–water partition coefficient (Wildman–Crippen LogP) is 4.95. The zero-order valence-electron chi connectivity index (χ0n) is 15.3. The smallest absolute Gasteiger partial charge is 0.221 e. The van der Waals surface area contributed by atoms with Gasteiger partial charge in [-0.2, -0.15) is 11.8 Å². The minimum Gasteiger partial charge on any atom is -0.457 e. The normalized spacial score (nSPS) is 10.5. The zero-order chi connectivity index (χ0) is 19.6. The lowest BCUT2D eigenvalue weighted by molar-refractivity contribution is -0.120. The molecule has 0 fully saturated rings. The molecule has 1 aromatic heterocycles. The first-order chi connectivity index (χ1) is 13.7. The monoisotopic (exact) mass is 396 g/mol. The van der Waals surface area contributed by atoms with Crippen LogP contribution >= 0.6 is 11.8 Å². The molecule has 0 radical (unpaired) electrons. The van der Waals surface area contributed by atoms with E-state index in [0.717, 1.165) is 22.8 Å². The molecule has 4 nitrogen and oxygen atoms in total. The topological polar surface area (TPSA) is 51.2 Å². The van der Waals surface area contributed by atoms with Crippen molar-refractivity contribution in [2.75, 3.05) is 5.75 Å². The third-order valence-corrected chi connectivity index (χ3v) is 4.90. The van der Waals surface area contributed by atoms with Crippen molar-refractivity contribution in [3.05, 3.63) is 90.0 Å². The molecule has 0 spiro atoms. The molecule has 3 rings (SSSR count). The third-order valence-electron chi connectivity index (χ3n) is 3.91. The second kappa shape index (κ2) is 10.5. The van der Waals surface area contributed by atoms with E-state index < -0.39 is 0 Å². The molecule has 0 atom stereocenters. The summed E-state index contributed by atoms with van der Waals surface area (Å²) < 4.78 is 18.6. The van der Waals surface area contributed by atoms with Crippen molar-refractivity contribution in [1.82, 2.24) is 10.3 Å². The number of amides is 1. The molecular formula is C22H21FN2O2S. The number of rotatable bonds is 9. The molecule has 0 unspecified atom stereocenters. The van der Waals surface area contributed by atoms with E-state index in [0.29, 0.717) is 24.5 Å².